The van der Waals surface area contributed by atoms with Gasteiger partial charge in [-0.05, 0) is 29.8 Å². The molecule has 0 bridgehead atoms. The number of hydrogen-bond donors (Lipinski definition) is 1. The first-order chi connectivity index (χ1) is 15.9. The highest BCUT2D eigenvalue weighted by atomic mass is 32.1. The second kappa shape index (κ2) is 11.4. The van der Waals surface area contributed by atoms with E-state index < -0.39 is 29.9 Å². The third kappa shape index (κ3) is 6.29. The molecule has 1 fully saturated rings. The molecule has 0 radical (unpaired) electrons. The van der Waals surface area contributed by atoms with Crippen LogP contribution >= 0.6 is 12.2 Å². The maximum absolute atomic E-state index is 13.1. The molecule has 1 saturated heterocycles. The number of esters is 1. The van der Waals surface area contributed by atoms with E-state index >= 15 is 0 Å². The van der Waals surface area contributed by atoms with Crippen LogP contribution in [-0.4, -0.2) is 59.6 Å². The van der Waals surface area contributed by atoms with E-state index in [1.165, 1.54) is 0 Å². The number of hydrogen-bond acceptors (Lipinski definition) is 6. The molecule has 0 unspecified atom stereocenters. The molecule has 0 aliphatic carbocycles. The van der Waals surface area contributed by atoms with Gasteiger partial charge in [-0.1, -0.05) is 60.7 Å². The summed E-state index contributed by atoms with van der Waals surface area (Å²) >= 11 is 5.21. The Balaban J connectivity index is 1.72. The van der Waals surface area contributed by atoms with Crippen LogP contribution in [0.5, 0.6) is 0 Å². The molecule has 1 N–H and O–H groups in total. The Morgan fingerprint density at radius 3 is 2.12 bits per heavy atom. The first-order valence-corrected chi connectivity index (χ1v) is 11.0. The van der Waals surface area contributed by atoms with E-state index in [-0.39, 0.29) is 26.2 Å². The number of imide groups is 1. The molecule has 0 aromatic heterocycles. The Morgan fingerprint density at radius 2 is 1.58 bits per heavy atom. The number of benzene rings is 2. The van der Waals surface area contributed by atoms with Crippen molar-refractivity contribution in [1.82, 2.24) is 15.1 Å². The second-order valence-electron chi connectivity index (χ2n) is 7.73. The zero-order valence-corrected chi connectivity index (χ0v) is 19.4. The maximum Gasteiger partial charge on any atom is 0.417 e. The van der Waals surface area contributed by atoms with Crippen LogP contribution in [0.25, 0.3) is 0 Å². The second-order valence-corrected chi connectivity index (χ2v) is 8.11. The quantitative estimate of drug-likeness (QED) is 0.489. The number of nitrogens with one attached hydrogen (secondary N) is 1. The maximum atomic E-state index is 13.1. The molecule has 8 nitrogen and oxygen atoms in total. The fourth-order valence-corrected chi connectivity index (χ4v) is 3.69. The lowest BCUT2D eigenvalue weighted by atomic mass is 10.0. The number of ether oxygens (including phenoxy) is 2. The summed E-state index contributed by atoms with van der Waals surface area (Å²) in [6.07, 6.45) is -0.740. The summed E-state index contributed by atoms with van der Waals surface area (Å²) in [5.74, 6) is -1.74. The lowest BCUT2D eigenvalue weighted by molar-refractivity contribution is -0.152. The SMILES string of the molecule is CNC(=S)N(C)C[C@H]1C[C@@H](C(=O)OCc2ccccc2)N(C(=O)OCc2ccccc2)C1=O. The minimum atomic E-state index is -1.06. The first-order valence-electron chi connectivity index (χ1n) is 10.6. The number of amides is 2. The zero-order chi connectivity index (χ0) is 23.8. The van der Waals surface area contributed by atoms with Gasteiger partial charge in [-0.3, -0.25) is 4.79 Å². The highest BCUT2D eigenvalue weighted by Gasteiger charge is 2.48. The van der Waals surface area contributed by atoms with Crippen LogP contribution in [0.1, 0.15) is 17.5 Å². The molecule has 2 atom stereocenters. The number of rotatable bonds is 7. The van der Waals surface area contributed by atoms with Crippen LogP contribution in [0.3, 0.4) is 0 Å². The Hall–Kier alpha value is -3.46. The molecule has 1 aliphatic heterocycles. The van der Waals surface area contributed by atoms with Crippen molar-refractivity contribution >= 4 is 35.3 Å². The van der Waals surface area contributed by atoms with Gasteiger partial charge in [0.15, 0.2) is 5.11 Å². The van der Waals surface area contributed by atoms with Crippen LogP contribution in [0.2, 0.25) is 0 Å². The van der Waals surface area contributed by atoms with Crippen LogP contribution in [0, 0.1) is 5.92 Å². The number of carbonyl (C=O) groups is 3. The smallest absolute Gasteiger partial charge is 0.417 e. The van der Waals surface area contributed by atoms with Gasteiger partial charge in [-0.2, -0.15) is 0 Å². The van der Waals surface area contributed by atoms with Crippen molar-refractivity contribution in [2.75, 3.05) is 20.6 Å². The Labute approximate surface area is 198 Å². The van der Waals surface area contributed by atoms with Gasteiger partial charge < -0.3 is 19.7 Å². The predicted octanol–water partition coefficient (Wildman–Crippen LogP) is 2.72. The standard InChI is InChI=1S/C24H27N3O5S/c1-25-23(33)26(2)14-19-13-20(22(29)31-15-17-9-5-3-6-10-17)27(21(19)28)24(30)32-16-18-11-7-4-8-12-18/h3-12,19-20H,13-16H2,1-2H3,(H,25,33)/t19-,20+/m1/s1. The minimum Gasteiger partial charge on any atom is -0.459 e. The molecule has 3 rings (SSSR count). The monoisotopic (exact) mass is 469 g/mol. The summed E-state index contributed by atoms with van der Waals surface area (Å²) in [5, 5.41) is 3.30. The largest absolute Gasteiger partial charge is 0.459 e. The number of likely N-dealkylation sites (tertiary alicyclic amines) is 1. The highest BCUT2D eigenvalue weighted by Crippen LogP contribution is 2.28. The lowest BCUT2D eigenvalue weighted by Gasteiger charge is -2.22. The molecular formula is C24H27N3O5S. The van der Waals surface area contributed by atoms with Gasteiger partial charge in [-0.15, -0.1) is 0 Å². The summed E-state index contributed by atoms with van der Waals surface area (Å²) in [7, 11) is 3.43. The Kier molecular flexibility index (Phi) is 8.37. The molecule has 0 saturated carbocycles. The molecule has 2 aromatic carbocycles. The van der Waals surface area contributed by atoms with Crippen LogP contribution in [0.4, 0.5) is 4.79 Å². The van der Waals surface area contributed by atoms with Gasteiger partial charge in [0.25, 0.3) is 0 Å². The molecule has 33 heavy (non-hydrogen) atoms. The van der Waals surface area contributed by atoms with Crippen molar-refractivity contribution in [2.24, 2.45) is 5.92 Å². The third-order valence-corrected chi connectivity index (χ3v) is 5.87. The van der Waals surface area contributed by atoms with Crippen molar-refractivity contribution in [1.29, 1.82) is 0 Å². The molecule has 9 heteroatoms. The van der Waals surface area contributed by atoms with Gasteiger partial charge in [0.2, 0.25) is 5.91 Å². The Morgan fingerprint density at radius 1 is 1.03 bits per heavy atom. The fraction of sp³-hybridized carbons (Fsp3) is 0.333. The van der Waals surface area contributed by atoms with Crippen LogP contribution in [-0.2, 0) is 32.3 Å². The summed E-state index contributed by atoms with van der Waals surface area (Å²) < 4.78 is 10.8. The van der Waals surface area contributed by atoms with Crippen molar-refractivity contribution in [3.63, 3.8) is 0 Å². The van der Waals surface area contributed by atoms with E-state index in [0.717, 1.165) is 16.0 Å². The van der Waals surface area contributed by atoms with Crippen molar-refractivity contribution in [3.05, 3.63) is 71.8 Å². The molecule has 2 aromatic rings. The van der Waals surface area contributed by atoms with Gasteiger partial charge in [0.05, 0.1) is 5.92 Å². The van der Waals surface area contributed by atoms with E-state index in [2.05, 4.69) is 5.32 Å². The lowest BCUT2D eigenvalue weighted by Crippen LogP contribution is -2.45. The van der Waals surface area contributed by atoms with E-state index in [1.807, 2.05) is 48.5 Å². The molecule has 174 valence electrons. The first kappa shape index (κ1) is 24.2. The third-order valence-electron chi connectivity index (χ3n) is 5.36. The van der Waals surface area contributed by atoms with E-state index in [4.69, 9.17) is 21.7 Å². The summed E-state index contributed by atoms with van der Waals surface area (Å²) in [5.41, 5.74) is 1.58. The van der Waals surface area contributed by atoms with Crippen LogP contribution in [0.15, 0.2) is 60.7 Å². The normalized spacial score (nSPS) is 17.4. The van der Waals surface area contributed by atoms with Gasteiger partial charge in [-0.25, -0.2) is 14.5 Å². The molecule has 1 aliphatic rings. The molecule has 0 spiro atoms. The Bertz CT molecular complexity index is 986. The topological polar surface area (TPSA) is 88.2 Å². The van der Waals surface area contributed by atoms with Gasteiger partial charge in [0.1, 0.15) is 19.3 Å². The summed E-state index contributed by atoms with van der Waals surface area (Å²) in [6, 6.07) is 17.2. The number of carbonyl (C=O) groups excluding carboxylic acids is 3. The van der Waals surface area contributed by atoms with Gasteiger partial charge >= 0.3 is 12.1 Å². The van der Waals surface area contributed by atoms with Crippen molar-refractivity contribution in [2.45, 2.75) is 25.7 Å². The minimum absolute atomic E-state index is 0.0103. The highest BCUT2D eigenvalue weighted by molar-refractivity contribution is 7.80. The summed E-state index contributed by atoms with van der Waals surface area (Å²) in [6.45, 7) is 0.290. The predicted molar refractivity (Wildman–Crippen MR) is 126 cm³/mol. The van der Waals surface area contributed by atoms with Crippen molar-refractivity contribution in [3.8, 4) is 0 Å². The van der Waals surface area contributed by atoms with E-state index in [0.29, 0.717) is 5.11 Å². The number of nitrogens with zero attached hydrogens (tertiary/aromatic N) is 2. The zero-order valence-electron chi connectivity index (χ0n) is 18.6. The van der Waals surface area contributed by atoms with Crippen LogP contribution < -0.4 is 5.32 Å². The van der Waals surface area contributed by atoms with Crippen molar-refractivity contribution < 1.29 is 23.9 Å². The average molecular weight is 470 g/mol. The van der Waals surface area contributed by atoms with E-state index in [1.54, 1.807) is 31.1 Å². The average Bonchev–Trinajstić information content (AvgIpc) is 3.17. The van der Waals surface area contributed by atoms with Gasteiger partial charge in [0, 0.05) is 20.6 Å². The van der Waals surface area contributed by atoms with E-state index in [9.17, 15) is 14.4 Å². The number of thiocarbonyl (C=S) groups is 1. The molecule has 2 amide bonds. The summed E-state index contributed by atoms with van der Waals surface area (Å²) in [4.78, 5) is 41.5. The molecular weight excluding hydrogens is 442 g/mol. The molecule has 1 heterocycles. The fourth-order valence-electron chi connectivity index (χ4n) is 3.62.